The SMILES string of the molecule is CCN(CC)c1ccc(-c2nnc(SC(C)C(=O)Nc3ccc(C#N)cc3)n2C)cc1. The third-order valence-corrected chi connectivity index (χ3v) is 6.16. The Balaban J connectivity index is 1.68. The molecule has 0 bridgehead atoms. The first-order chi connectivity index (χ1) is 15.0. The molecular formula is C23H26N6OS. The summed E-state index contributed by atoms with van der Waals surface area (Å²) in [5.74, 6) is 0.621. The monoisotopic (exact) mass is 434 g/mol. The predicted molar refractivity (Wildman–Crippen MR) is 125 cm³/mol. The van der Waals surface area contributed by atoms with E-state index in [1.165, 1.54) is 17.4 Å². The maximum absolute atomic E-state index is 12.6. The van der Waals surface area contributed by atoms with Crippen LogP contribution < -0.4 is 10.2 Å². The predicted octanol–water partition coefficient (Wildman–Crippen LogP) is 4.32. The summed E-state index contributed by atoms with van der Waals surface area (Å²) in [5, 5.41) is 20.7. The average molecular weight is 435 g/mol. The molecule has 8 heteroatoms. The quantitative estimate of drug-likeness (QED) is 0.531. The van der Waals surface area contributed by atoms with Crippen LogP contribution in [0.4, 0.5) is 11.4 Å². The van der Waals surface area contributed by atoms with Crippen molar-refractivity contribution in [2.45, 2.75) is 31.2 Å². The molecule has 0 aliphatic rings. The van der Waals surface area contributed by atoms with Crippen LogP contribution in [0.1, 0.15) is 26.3 Å². The zero-order valence-electron chi connectivity index (χ0n) is 18.2. The van der Waals surface area contributed by atoms with Gasteiger partial charge in [-0.3, -0.25) is 4.79 Å². The molecule has 0 radical (unpaired) electrons. The second-order valence-corrected chi connectivity index (χ2v) is 8.33. The van der Waals surface area contributed by atoms with Crippen LogP contribution in [0.15, 0.2) is 53.7 Å². The lowest BCUT2D eigenvalue weighted by Gasteiger charge is -2.21. The van der Waals surface area contributed by atoms with Gasteiger partial charge in [0.25, 0.3) is 0 Å². The summed E-state index contributed by atoms with van der Waals surface area (Å²) in [4.78, 5) is 14.8. The maximum Gasteiger partial charge on any atom is 0.237 e. The Hall–Kier alpha value is -3.31. The van der Waals surface area contributed by atoms with E-state index in [0.29, 0.717) is 16.4 Å². The van der Waals surface area contributed by atoms with Gasteiger partial charge in [0.1, 0.15) is 0 Å². The van der Waals surface area contributed by atoms with Crippen molar-refractivity contribution in [1.82, 2.24) is 14.8 Å². The topological polar surface area (TPSA) is 86.8 Å². The lowest BCUT2D eigenvalue weighted by atomic mass is 10.2. The van der Waals surface area contributed by atoms with Crippen molar-refractivity contribution in [2.75, 3.05) is 23.3 Å². The van der Waals surface area contributed by atoms with Gasteiger partial charge in [-0.15, -0.1) is 10.2 Å². The highest BCUT2D eigenvalue weighted by atomic mass is 32.2. The van der Waals surface area contributed by atoms with Crippen LogP contribution in [-0.4, -0.2) is 39.0 Å². The lowest BCUT2D eigenvalue weighted by Crippen LogP contribution is -2.22. The normalized spacial score (nSPS) is 11.6. The maximum atomic E-state index is 12.6. The summed E-state index contributed by atoms with van der Waals surface area (Å²) in [7, 11) is 1.90. The lowest BCUT2D eigenvalue weighted by molar-refractivity contribution is -0.115. The molecule has 2 aromatic carbocycles. The van der Waals surface area contributed by atoms with Crippen molar-refractivity contribution >= 4 is 29.0 Å². The van der Waals surface area contributed by atoms with Gasteiger partial charge in [0.2, 0.25) is 5.91 Å². The fourth-order valence-corrected chi connectivity index (χ4v) is 3.98. The van der Waals surface area contributed by atoms with Crippen molar-refractivity contribution in [3.05, 3.63) is 54.1 Å². The highest BCUT2D eigenvalue weighted by Gasteiger charge is 2.19. The van der Waals surface area contributed by atoms with Crippen LogP contribution in [0.25, 0.3) is 11.4 Å². The van der Waals surface area contributed by atoms with E-state index in [4.69, 9.17) is 5.26 Å². The molecule has 0 aliphatic heterocycles. The van der Waals surface area contributed by atoms with Gasteiger partial charge in [-0.2, -0.15) is 5.26 Å². The van der Waals surface area contributed by atoms with Crippen LogP contribution in [0.2, 0.25) is 0 Å². The highest BCUT2D eigenvalue weighted by molar-refractivity contribution is 8.00. The highest BCUT2D eigenvalue weighted by Crippen LogP contribution is 2.27. The van der Waals surface area contributed by atoms with Crippen molar-refractivity contribution in [2.24, 2.45) is 7.05 Å². The van der Waals surface area contributed by atoms with Crippen molar-refractivity contribution in [1.29, 1.82) is 5.26 Å². The summed E-state index contributed by atoms with van der Waals surface area (Å²) < 4.78 is 1.91. The zero-order valence-corrected chi connectivity index (χ0v) is 19.0. The van der Waals surface area contributed by atoms with Gasteiger partial charge in [-0.1, -0.05) is 11.8 Å². The van der Waals surface area contributed by atoms with E-state index >= 15 is 0 Å². The number of hydrogen-bond donors (Lipinski definition) is 1. The minimum atomic E-state index is -0.364. The summed E-state index contributed by atoms with van der Waals surface area (Å²) in [6.45, 7) is 8.04. The Morgan fingerprint density at radius 3 is 2.35 bits per heavy atom. The van der Waals surface area contributed by atoms with Gasteiger partial charge in [-0.25, -0.2) is 0 Å². The molecule has 1 atom stereocenters. The van der Waals surface area contributed by atoms with E-state index in [1.807, 2.05) is 30.7 Å². The zero-order chi connectivity index (χ0) is 22.4. The second kappa shape index (κ2) is 10.1. The number of amides is 1. The number of thioether (sulfide) groups is 1. The first kappa shape index (κ1) is 22.4. The molecule has 1 heterocycles. The molecule has 1 amide bonds. The molecule has 3 aromatic rings. The minimum absolute atomic E-state index is 0.136. The third kappa shape index (κ3) is 5.25. The van der Waals surface area contributed by atoms with E-state index in [-0.39, 0.29) is 11.2 Å². The second-order valence-electron chi connectivity index (χ2n) is 7.02. The molecule has 0 aliphatic carbocycles. The van der Waals surface area contributed by atoms with Crippen LogP contribution in [0.5, 0.6) is 0 Å². The van der Waals surface area contributed by atoms with Gasteiger partial charge in [0.15, 0.2) is 11.0 Å². The summed E-state index contributed by atoms with van der Waals surface area (Å²) in [6.07, 6.45) is 0. The Labute approximate surface area is 187 Å². The largest absolute Gasteiger partial charge is 0.372 e. The number of anilines is 2. The molecule has 1 aromatic heterocycles. The number of nitriles is 1. The van der Waals surface area contributed by atoms with E-state index in [2.05, 4.69) is 52.5 Å². The molecule has 1 unspecified atom stereocenters. The van der Waals surface area contributed by atoms with Gasteiger partial charge in [0, 0.05) is 37.1 Å². The van der Waals surface area contributed by atoms with E-state index < -0.39 is 0 Å². The molecular weight excluding hydrogens is 408 g/mol. The number of benzene rings is 2. The van der Waals surface area contributed by atoms with Crippen molar-refractivity contribution in [3.8, 4) is 17.5 Å². The van der Waals surface area contributed by atoms with Gasteiger partial charge < -0.3 is 14.8 Å². The van der Waals surface area contributed by atoms with E-state index in [9.17, 15) is 4.79 Å². The molecule has 0 fully saturated rings. The van der Waals surface area contributed by atoms with Gasteiger partial charge in [-0.05, 0) is 69.3 Å². The Morgan fingerprint density at radius 1 is 1.13 bits per heavy atom. The van der Waals surface area contributed by atoms with Crippen molar-refractivity contribution < 1.29 is 4.79 Å². The molecule has 0 spiro atoms. The van der Waals surface area contributed by atoms with Gasteiger partial charge >= 0.3 is 0 Å². The average Bonchev–Trinajstić information content (AvgIpc) is 3.15. The standard InChI is InChI=1S/C23H26N6OS/c1-5-29(6-2)20-13-9-18(10-14-20)21-26-27-23(28(21)4)31-16(3)22(30)25-19-11-7-17(15-24)8-12-19/h7-14,16H,5-6H2,1-4H3,(H,25,30). The molecule has 7 nitrogen and oxygen atoms in total. The summed E-state index contributed by atoms with van der Waals surface area (Å²) in [6, 6.07) is 17.1. The van der Waals surface area contributed by atoms with Crippen LogP contribution in [0, 0.1) is 11.3 Å². The number of aromatic nitrogens is 3. The number of carbonyl (C=O) groups is 1. The summed E-state index contributed by atoms with van der Waals surface area (Å²) >= 11 is 1.35. The molecule has 0 saturated heterocycles. The molecule has 3 rings (SSSR count). The van der Waals surface area contributed by atoms with E-state index in [1.54, 1.807) is 24.3 Å². The van der Waals surface area contributed by atoms with Crippen LogP contribution >= 0.6 is 11.8 Å². The number of nitrogens with one attached hydrogen (secondary N) is 1. The third-order valence-electron chi connectivity index (χ3n) is 5.02. The molecule has 160 valence electrons. The van der Waals surface area contributed by atoms with E-state index in [0.717, 1.165) is 24.5 Å². The van der Waals surface area contributed by atoms with Gasteiger partial charge in [0.05, 0.1) is 16.9 Å². The molecule has 1 N–H and O–H groups in total. The van der Waals surface area contributed by atoms with Crippen molar-refractivity contribution in [3.63, 3.8) is 0 Å². The molecule has 31 heavy (non-hydrogen) atoms. The fraction of sp³-hybridized carbons (Fsp3) is 0.304. The summed E-state index contributed by atoms with van der Waals surface area (Å²) in [5.41, 5.74) is 3.37. The Kier molecular flexibility index (Phi) is 7.32. The number of nitrogens with zero attached hydrogens (tertiary/aromatic N) is 5. The first-order valence-electron chi connectivity index (χ1n) is 10.2. The molecule has 0 saturated carbocycles. The number of rotatable bonds is 8. The Bertz CT molecular complexity index is 1060. The smallest absolute Gasteiger partial charge is 0.237 e. The fourth-order valence-electron chi connectivity index (χ4n) is 3.16. The van der Waals surface area contributed by atoms with Crippen LogP contribution in [-0.2, 0) is 11.8 Å². The number of hydrogen-bond acceptors (Lipinski definition) is 6. The Morgan fingerprint density at radius 2 is 1.77 bits per heavy atom. The number of carbonyl (C=O) groups excluding carboxylic acids is 1. The minimum Gasteiger partial charge on any atom is -0.372 e. The van der Waals surface area contributed by atoms with Crippen LogP contribution in [0.3, 0.4) is 0 Å². The first-order valence-corrected chi connectivity index (χ1v) is 11.1.